The van der Waals surface area contributed by atoms with Crippen molar-refractivity contribution in [1.29, 1.82) is 0 Å². The average Bonchev–Trinajstić information content (AvgIpc) is 2.12. The lowest BCUT2D eigenvalue weighted by Crippen LogP contribution is -2.33. The third kappa shape index (κ3) is 1.07. The predicted molar refractivity (Wildman–Crippen MR) is 50.4 cm³/mol. The fourth-order valence-corrected chi connectivity index (χ4v) is 1.72. The van der Waals surface area contributed by atoms with Crippen molar-refractivity contribution in [2.45, 2.75) is 25.8 Å². The molecule has 0 fully saturated rings. The Kier molecular flexibility index (Phi) is 1.75. The zero-order valence-corrected chi connectivity index (χ0v) is 7.62. The molecule has 12 heavy (non-hydrogen) atoms. The van der Waals surface area contributed by atoms with E-state index in [2.05, 4.69) is 29.9 Å². The Morgan fingerprint density at radius 3 is 3.25 bits per heavy atom. The third-order valence-electron chi connectivity index (χ3n) is 2.71. The van der Waals surface area contributed by atoms with Crippen LogP contribution in [0.1, 0.15) is 19.0 Å². The van der Waals surface area contributed by atoms with Crippen molar-refractivity contribution in [3.63, 3.8) is 0 Å². The third-order valence-corrected chi connectivity index (χ3v) is 2.71. The minimum absolute atomic E-state index is 0.654. The normalized spacial score (nSPS) is 22.2. The van der Waals surface area contributed by atoms with Gasteiger partial charge in [0.25, 0.3) is 0 Å². The molecule has 0 spiro atoms. The topological polar surface area (TPSA) is 16.1 Å². The van der Waals surface area contributed by atoms with E-state index in [-0.39, 0.29) is 0 Å². The molecule has 1 atom stereocenters. The molecule has 1 aliphatic heterocycles. The molecule has 2 heterocycles. The summed E-state index contributed by atoms with van der Waals surface area (Å²) in [7, 11) is 2.14. The molecule has 1 aromatic heterocycles. The molecular weight excluding hydrogens is 148 g/mol. The van der Waals surface area contributed by atoms with E-state index < -0.39 is 0 Å². The highest BCUT2D eigenvalue weighted by Gasteiger charge is 2.19. The molecule has 64 valence electrons. The van der Waals surface area contributed by atoms with Gasteiger partial charge in [0.1, 0.15) is 0 Å². The van der Waals surface area contributed by atoms with E-state index in [1.807, 2.05) is 12.3 Å². The van der Waals surface area contributed by atoms with Crippen LogP contribution < -0.4 is 4.90 Å². The molecule has 1 aromatic rings. The molecule has 2 heteroatoms. The van der Waals surface area contributed by atoms with Gasteiger partial charge in [-0.25, -0.2) is 0 Å². The molecule has 0 radical (unpaired) electrons. The number of pyridine rings is 1. The van der Waals surface area contributed by atoms with Crippen LogP contribution in [0.3, 0.4) is 0 Å². The summed E-state index contributed by atoms with van der Waals surface area (Å²) < 4.78 is 0. The number of nitrogens with zero attached hydrogens (tertiary/aromatic N) is 2. The first-order valence-electron chi connectivity index (χ1n) is 4.46. The molecule has 0 aromatic carbocycles. The van der Waals surface area contributed by atoms with Crippen LogP contribution in [0, 0.1) is 0 Å². The van der Waals surface area contributed by atoms with Gasteiger partial charge in [0, 0.05) is 19.3 Å². The molecule has 0 N–H and O–H groups in total. The fraction of sp³-hybridized carbons (Fsp3) is 0.500. The molecule has 0 aliphatic carbocycles. The van der Waals surface area contributed by atoms with Gasteiger partial charge in [-0.15, -0.1) is 0 Å². The second kappa shape index (κ2) is 2.77. The molecule has 0 saturated heterocycles. The largest absolute Gasteiger partial charge is 0.370 e. The van der Waals surface area contributed by atoms with Gasteiger partial charge in [0.15, 0.2) is 0 Å². The second-order valence-corrected chi connectivity index (χ2v) is 3.47. The Morgan fingerprint density at radius 1 is 1.58 bits per heavy atom. The van der Waals surface area contributed by atoms with Crippen LogP contribution in [-0.4, -0.2) is 18.1 Å². The summed E-state index contributed by atoms with van der Waals surface area (Å²) in [5, 5.41) is 0. The maximum atomic E-state index is 4.36. The highest BCUT2D eigenvalue weighted by atomic mass is 15.1. The zero-order chi connectivity index (χ0) is 8.55. The molecule has 0 unspecified atom stereocenters. The van der Waals surface area contributed by atoms with E-state index in [9.17, 15) is 0 Å². The summed E-state index contributed by atoms with van der Waals surface area (Å²) in [6, 6.07) is 4.81. The summed E-state index contributed by atoms with van der Waals surface area (Å²) in [4.78, 5) is 6.67. The monoisotopic (exact) mass is 162 g/mol. The second-order valence-electron chi connectivity index (χ2n) is 3.47. The Bertz CT molecular complexity index is 283. The highest BCUT2D eigenvalue weighted by molar-refractivity contribution is 5.52. The quantitative estimate of drug-likeness (QED) is 0.578. The molecule has 2 nitrogen and oxygen atoms in total. The van der Waals surface area contributed by atoms with Crippen molar-refractivity contribution < 1.29 is 0 Å². The van der Waals surface area contributed by atoms with Crippen LogP contribution in [0.4, 0.5) is 5.69 Å². The molecular formula is C10H14N2. The van der Waals surface area contributed by atoms with E-state index in [0.29, 0.717) is 6.04 Å². The SMILES string of the molecule is C[C@@H]1CCc2ncccc2N1C. The lowest BCUT2D eigenvalue weighted by Gasteiger charge is -2.32. The van der Waals surface area contributed by atoms with Crippen LogP contribution in [0.2, 0.25) is 0 Å². The fourth-order valence-electron chi connectivity index (χ4n) is 1.72. The molecule has 2 rings (SSSR count). The maximum absolute atomic E-state index is 4.36. The molecule has 0 bridgehead atoms. The van der Waals surface area contributed by atoms with Gasteiger partial charge >= 0.3 is 0 Å². The van der Waals surface area contributed by atoms with Gasteiger partial charge in [-0.05, 0) is 31.9 Å². The van der Waals surface area contributed by atoms with Crippen molar-refractivity contribution in [3.05, 3.63) is 24.0 Å². The Morgan fingerprint density at radius 2 is 2.42 bits per heavy atom. The number of hydrogen-bond donors (Lipinski definition) is 0. The number of hydrogen-bond acceptors (Lipinski definition) is 2. The van der Waals surface area contributed by atoms with Crippen molar-refractivity contribution in [2.75, 3.05) is 11.9 Å². The van der Waals surface area contributed by atoms with Crippen LogP contribution in [0.5, 0.6) is 0 Å². The Hall–Kier alpha value is -1.05. The van der Waals surface area contributed by atoms with E-state index in [1.165, 1.54) is 17.8 Å². The average molecular weight is 162 g/mol. The Balaban J connectivity index is 2.42. The van der Waals surface area contributed by atoms with Crippen LogP contribution in [0.25, 0.3) is 0 Å². The predicted octanol–water partition coefficient (Wildman–Crippen LogP) is 1.85. The summed E-state index contributed by atoms with van der Waals surface area (Å²) in [6.07, 6.45) is 4.23. The Labute approximate surface area is 73.2 Å². The van der Waals surface area contributed by atoms with Crippen LogP contribution in [0.15, 0.2) is 18.3 Å². The molecule has 1 aliphatic rings. The zero-order valence-electron chi connectivity index (χ0n) is 7.62. The van der Waals surface area contributed by atoms with Gasteiger partial charge in [-0.3, -0.25) is 4.98 Å². The van der Waals surface area contributed by atoms with Gasteiger partial charge < -0.3 is 4.90 Å². The lowest BCUT2D eigenvalue weighted by molar-refractivity contribution is 0.589. The first kappa shape index (κ1) is 7.59. The first-order valence-corrected chi connectivity index (χ1v) is 4.46. The van der Waals surface area contributed by atoms with Crippen molar-refractivity contribution in [3.8, 4) is 0 Å². The number of aryl methyl sites for hydroxylation is 1. The van der Waals surface area contributed by atoms with E-state index in [1.54, 1.807) is 0 Å². The van der Waals surface area contributed by atoms with Crippen molar-refractivity contribution in [1.82, 2.24) is 4.98 Å². The summed E-state index contributed by atoms with van der Waals surface area (Å²) in [5.74, 6) is 0. The van der Waals surface area contributed by atoms with E-state index in [0.717, 1.165) is 6.42 Å². The summed E-state index contributed by atoms with van der Waals surface area (Å²) in [6.45, 7) is 2.26. The maximum Gasteiger partial charge on any atom is 0.0637 e. The number of aromatic nitrogens is 1. The highest BCUT2D eigenvalue weighted by Crippen LogP contribution is 2.26. The number of anilines is 1. The smallest absolute Gasteiger partial charge is 0.0637 e. The lowest BCUT2D eigenvalue weighted by atomic mass is 10.0. The van der Waals surface area contributed by atoms with E-state index in [4.69, 9.17) is 0 Å². The molecule has 0 amide bonds. The minimum Gasteiger partial charge on any atom is -0.370 e. The van der Waals surface area contributed by atoms with Gasteiger partial charge in [-0.2, -0.15) is 0 Å². The number of rotatable bonds is 0. The van der Waals surface area contributed by atoms with Crippen LogP contribution >= 0.6 is 0 Å². The molecule has 0 saturated carbocycles. The van der Waals surface area contributed by atoms with Gasteiger partial charge in [0.2, 0.25) is 0 Å². The van der Waals surface area contributed by atoms with Crippen LogP contribution in [-0.2, 0) is 6.42 Å². The minimum atomic E-state index is 0.654. The standard InChI is InChI=1S/C10H14N2/c1-8-5-6-9-10(12(8)2)4-3-7-11-9/h3-4,7-8H,5-6H2,1-2H3/t8-/m1/s1. The van der Waals surface area contributed by atoms with Crippen molar-refractivity contribution in [2.24, 2.45) is 0 Å². The summed E-state index contributed by atoms with van der Waals surface area (Å²) in [5.41, 5.74) is 2.55. The van der Waals surface area contributed by atoms with Crippen molar-refractivity contribution >= 4 is 5.69 Å². The number of fused-ring (bicyclic) bond motifs is 1. The first-order chi connectivity index (χ1) is 5.79. The van der Waals surface area contributed by atoms with E-state index >= 15 is 0 Å². The van der Waals surface area contributed by atoms with Gasteiger partial charge in [0.05, 0.1) is 11.4 Å². The summed E-state index contributed by atoms with van der Waals surface area (Å²) >= 11 is 0. The van der Waals surface area contributed by atoms with Gasteiger partial charge in [-0.1, -0.05) is 0 Å².